The average molecular weight is 249 g/mol. The van der Waals surface area contributed by atoms with Gasteiger partial charge in [-0.15, -0.1) is 15.8 Å². The molecule has 0 rings (SSSR count). The van der Waals surface area contributed by atoms with Crippen LogP contribution in [0, 0.1) is 0 Å². The van der Waals surface area contributed by atoms with Gasteiger partial charge in [0.2, 0.25) is 0 Å². The highest BCUT2D eigenvalue weighted by atomic mass is 31.1. The first kappa shape index (κ1) is 15.8. The van der Waals surface area contributed by atoms with Crippen LogP contribution in [0.5, 0.6) is 0 Å². The first-order valence-corrected chi connectivity index (χ1v) is 10.0. The molecule has 0 saturated heterocycles. The van der Waals surface area contributed by atoms with E-state index in [9.17, 15) is 0 Å². The molecule has 0 aromatic heterocycles. The maximum Gasteiger partial charge on any atom is 0.0204 e. The summed E-state index contributed by atoms with van der Waals surface area (Å²) in [4.78, 5) is 0. The maximum atomic E-state index is 6.45. The Balaban J connectivity index is 4.14. The van der Waals surface area contributed by atoms with Gasteiger partial charge in [-0.25, -0.2) is 0 Å². The van der Waals surface area contributed by atoms with Crippen molar-refractivity contribution in [1.82, 2.24) is 0 Å². The minimum atomic E-state index is 0.107. The summed E-state index contributed by atoms with van der Waals surface area (Å²) in [5.41, 5.74) is 6.56. The van der Waals surface area contributed by atoms with Crippen molar-refractivity contribution in [2.24, 2.45) is 5.73 Å². The number of hydrogen-bond donors (Lipinski definition) is 1. The Kier molecular flexibility index (Phi) is 8.43. The van der Waals surface area contributed by atoms with Gasteiger partial charge in [0.15, 0.2) is 0 Å². The molecular formula is C12H29NP2. The molecule has 1 nitrogen and oxygen atoms in total. The second kappa shape index (κ2) is 7.99. The summed E-state index contributed by atoms with van der Waals surface area (Å²) < 4.78 is 0. The third-order valence-corrected chi connectivity index (χ3v) is 8.88. The van der Waals surface area contributed by atoms with Crippen LogP contribution in [0.1, 0.15) is 34.6 Å². The monoisotopic (exact) mass is 249 g/mol. The van der Waals surface area contributed by atoms with Gasteiger partial charge in [0.1, 0.15) is 0 Å². The van der Waals surface area contributed by atoms with Gasteiger partial charge >= 0.3 is 0 Å². The zero-order valence-corrected chi connectivity index (χ0v) is 13.0. The molecule has 0 radical (unpaired) electrons. The summed E-state index contributed by atoms with van der Waals surface area (Å²) in [6, 6.07) is 0. The highest BCUT2D eigenvalue weighted by Gasteiger charge is 2.24. The van der Waals surface area contributed by atoms with Gasteiger partial charge in [0, 0.05) is 5.54 Å². The standard InChI is InChI=1S/C12H29NP2/c1-6-14(7-2)10-12(5,13)11-15(8-3)9-4/h6-11,13H2,1-5H3. The topological polar surface area (TPSA) is 26.0 Å². The first-order valence-electron chi connectivity index (χ1n) is 6.22. The fourth-order valence-electron chi connectivity index (χ4n) is 1.97. The molecule has 0 aliphatic heterocycles. The Hall–Kier alpha value is 0.820. The molecule has 2 N–H and O–H groups in total. The van der Waals surface area contributed by atoms with Crippen molar-refractivity contribution < 1.29 is 0 Å². The van der Waals surface area contributed by atoms with Crippen molar-refractivity contribution in [2.75, 3.05) is 37.0 Å². The lowest BCUT2D eigenvalue weighted by atomic mass is 10.1. The number of nitrogens with two attached hydrogens (primary N) is 1. The van der Waals surface area contributed by atoms with E-state index >= 15 is 0 Å². The molecule has 0 aromatic carbocycles. The van der Waals surface area contributed by atoms with E-state index in [0.717, 1.165) is 0 Å². The van der Waals surface area contributed by atoms with Crippen molar-refractivity contribution in [3.8, 4) is 0 Å². The van der Waals surface area contributed by atoms with E-state index < -0.39 is 0 Å². The van der Waals surface area contributed by atoms with Crippen LogP contribution >= 0.6 is 15.8 Å². The Morgan fingerprint density at radius 1 is 0.800 bits per heavy atom. The summed E-state index contributed by atoms with van der Waals surface area (Å²) >= 11 is 0. The van der Waals surface area contributed by atoms with Crippen molar-refractivity contribution in [3.05, 3.63) is 0 Å². The number of rotatable bonds is 8. The van der Waals surface area contributed by atoms with Gasteiger partial charge in [0.05, 0.1) is 0 Å². The summed E-state index contributed by atoms with van der Waals surface area (Å²) in [5, 5.41) is 0. The quantitative estimate of drug-likeness (QED) is 0.651. The van der Waals surface area contributed by atoms with Gasteiger partial charge in [0.25, 0.3) is 0 Å². The van der Waals surface area contributed by atoms with Gasteiger partial charge in [-0.05, 0) is 43.9 Å². The van der Waals surface area contributed by atoms with Crippen molar-refractivity contribution >= 4 is 15.8 Å². The number of hydrogen-bond acceptors (Lipinski definition) is 1. The Morgan fingerprint density at radius 2 is 1.07 bits per heavy atom. The molecule has 92 valence electrons. The first-order chi connectivity index (χ1) is 6.99. The lowest BCUT2D eigenvalue weighted by Gasteiger charge is -2.32. The zero-order chi connectivity index (χ0) is 11.9. The Labute approximate surface area is 99.1 Å². The average Bonchev–Trinajstić information content (AvgIpc) is 2.22. The molecule has 0 bridgehead atoms. The molecule has 0 amide bonds. The third kappa shape index (κ3) is 6.88. The molecule has 0 fully saturated rings. The van der Waals surface area contributed by atoms with Gasteiger partial charge in [-0.1, -0.05) is 27.7 Å². The molecule has 0 aromatic rings. The van der Waals surface area contributed by atoms with E-state index in [4.69, 9.17) is 5.73 Å². The summed E-state index contributed by atoms with van der Waals surface area (Å²) in [6.45, 7) is 11.5. The van der Waals surface area contributed by atoms with Crippen LogP contribution in [0.4, 0.5) is 0 Å². The molecule has 0 aliphatic rings. The predicted molar refractivity (Wildman–Crippen MR) is 78.3 cm³/mol. The SMILES string of the molecule is CCP(CC)CC(C)(N)CP(CC)CC. The molecule has 3 heteroatoms. The van der Waals surface area contributed by atoms with Crippen LogP contribution < -0.4 is 5.73 Å². The fraction of sp³-hybridized carbons (Fsp3) is 1.00. The van der Waals surface area contributed by atoms with Crippen molar-refractivity contribution in [1.29, 1.82) is 0 Å². The summed E-state index contributed by atoms with van der Waals surface area (Å²) in [7, 11) is 0.401. The van der Waals surface area contributed by atoms with Crippen LogP contribution in [0.3, 0.4) is 0 Å². The Morgan fingerprint density at radius 3 is 1.27 bits per heavy atom. The molecule has 0 saturated carbocycles. The van der Waals surface area contributed by atoms with E-state index in [1.807, 2.05) is 0 Å². The van der Waals surface area contributed by atoms with Gasteiger partial charge in [-0.2, -0.15) is 0 Å². The second-order valence-corrected chi connectivity index (χ2v) is 10.4. The third-order valence-electron chi connectivity index (χ3n) is 2.96. The molecule has 0 atom stereocenters. The fourth-order valence-corrected chi connectivity index (χ4v) is 6.20. The lowest BCUT2D eigenvalue weighted by Crippen LogP contribution is -2.43. The van der Waals surface area contributed by atoms with Gasteiger partial charge in [-0.3, -0.25) is 0 Å². The van der Waals surface area contributed by atoms with Crippen LogP contribution in [0.15, 0.2) is 0 Å². The lowest BCUT2D eigenvalue weighted by molar-refractivity contribution is 0.593. The van der Waals surface area contributed by atoms with Crippen LogP contribution in [-0.4, -0.2) is 42.5 Å². The Bertz CT molecular complexity index is 136. The molecule has 0 aliphatic carbocycles. The zero-order valence-electron chi connectivity index (χ0n) is 11.2. The predicted octanol–water partition coefficient (Wildman–Crippen LogP) is 3.75. The molecular weight excluding hydrogens is 220 g/mol. The van der Waals surface area contributed by atoms with Crippen LogP contribution in [-0.2, 0) is 0 Å². The normalized spacial score (nSPS) is 12.8. The van der Waals surface area contributed by atoms with Crippen molar-refractivity contribution in [3.63, 3.8) is 0 Å². The van der Waals surface area contributed by atoms with E-state index in [2.05, 4.69) is 34.6 Å². The van der Waals surface area contributed by atoms with Crippen molar-refractivity contribution in [2.45, 2.75) is 40.2 Å². The summed E-state index contributed by atoms with van der Waals surface area (Å²) in [6.07, 6.45) is 7.91. The summed E-state index contributed by atoms with van der Waals surface area (Å²) in [5.74, 6) is 0. The van der Waals surface area contributed by atoms with E-state index in [-0.39, 0.29) is 21.4 Å². The highest BCUT2D eigenvalue weighted by Crippen LogP contribution is 2.43. The molecule has 0 spiro atoms. The minimum Gasteiger partial charge on any atom is -0.325 e. The largest absolute Gasteiger partial charge is 0.325 e. The van der Waals surface area contributed by atoms with E-state index in [1.54, 1.807) is 0 Å². The molecule has 0 unspecified atom stereocenters. The maximum absolute atomic E-state index is 6.45. The van der Waals surface area contributed by atoms with Gasteiger partial charge < -0.3 is 5.73 Å². The van der Waals surface area contributed by atoms with E-state index in [1.165, 1.54) is 37.0 Å². The van der Waals surface area contributed by atoms with Crippen LogP contribution in [0.25, 0.3) is 0 Å². The smallest absolute Gasteiger partial charge is 0.0204 e. The minimum absolute atomic E-state index is 0.107. The van der Waals surface area contributed by atoms with Crippen LogP contribution in [0.2, 0.25) is 0 Å². The molecule has 0 heterocycles. The molecule has 15 heavy (non-hydrogen) atoms. The highest BCUT2D eigenvalue weighted by molar-refractivity contribution is 7.58. The van der Waals surface area contributed by atoms with E-state index in [0.29, 0.717) is 0 Å². The second-order valence-electron chi connectivity index (χ2n) is 4.58.